The zero-order valence-electron chi connectivity index (χ0n) is 8.62. The fourth-order valence-electron chi connectivity index (χ4n) is 1.20. The molecule has 0 radical (unpaired) electrons. The third kappa shape index (κ3) is 3.09. The second-order valence-corrected chi connectivity index (χ2v) is 3.32. The van der Waals surface area contributed by atoms with E-state index in [0.29, 0.717) is 6.42 Å². The molecule has 0 saturated heterocycles. The molecule has 15 heavy (non-hydrogen) atoms. The lowest BCUT2D eigenvalue weighted by atomic mass is 10.2. The molecule has 1 amide bonds. The van der Waals surface area contributed by atoms with Crippen LogP contribution in [-0.4, -0.2) is 16.9 Å². The van der Waals surface area contributed by atoms with Gasteiger partial charge in [0.05, 0.1) is 0 Å². The lowest BCUT2D eigenvalue weighted by molar-refractivity contribution is 0.0939. The van der Waals surface area contributed by atoms with Crippen molar-refractivity contribution in [2.45, 2.75) is 19.4 Å². The summed E-state index contributed by atoms with van der Waals surface area (Å²) in [5, 5.41) is 2.71. The quantitative estimate of drug-likeness (QED) is 0.724. The number of hydrogen-bond acceptors (Lipinski definition) is 2. The van der Waals surface area contributed by atoms with Crippen molar-refractivity contribution in [1.29, 1.82) is 0 Å². The first-order chi connectivity index (χ1) is 7.15. The molecule has 0 aromatic carbocycles. The van der Waals surface area contributed by atoms with Gasteiger partial charge in [0.15, 0.2) is 5.43 Å². The van der Waals surface area contributed by atoms with Crippen LogP contribution in [0.2, 0.25) is 0 Å². The molecule has 1 aromatic heterocycles. The molecular weight excluding hydrogens is 192 g/mol. The van der Waals surface area contributed by atoms with Crippen molar-refractivity contribution in [1.82, 2.24) is 10.3 Å². The predicted octanol–water partition coefficient (Wildman–Crippen LogP) is 1.07. The van der Waals surface area contributed by atoms with E-state index in [1.807, 2.05) is 6.92 Å². The highest BCUT2D eigenvalue weighted by Crippen LogP contribution is 1.94. The summed E-state index contributed by atoms with van der Waals surface area (Å²) in [6, 6.07) is 1.31. The zero-order chi connectivity index (χ0) is 11.3. The third-order valence-electron chi connectivity index (χ3n) is 1.97. The summed E-state index contributed by atoms with van der Waals surface area (Å²) in [6.45, 7) is 5.44. The Balaban J connectivity index is 2.74. The summed E-state index contributed by atoms with van der Waals surface area (Å²) in [5.41, 5.74) is -0.148. The Hall–Kier alpha value is -1.84. The molecule has 0 aliphatic carbocycles. The fourth-order valence-corrected chi connectivity index (χ4v) is 1.20. The maximum atomic E-state index is 11.6. The molecular formula is C11H14N2O2. The summed E-state index contributed by atoms with van der Waals surface area (Å²) >= 11 is 0. The summed E-state index contributed by atoms with van der Waals surface area (Å²) in [4.78, 5) is 25.6. The van der Waals surface area contributed by atoms with E-state index < -0.39 is 0 Å². The van der Waals surface area contributed by atoms with E-state index in [0.717, 1.165) is 0 Å². The van der Waals surface area contributed by atoms with Gasteiger partial charge in [0, 0.05) is 24.5 Å². The molecule has 0 aliphatic heterocycles. The second kappa shape index (κ2) is 5.14. The monoisotopic (exact) mass is 206 g/mol. The zero-order valence-corrected chi connectivity index (χ0v) is 8.62. The van der Waals surface area contributed by atoms with Crippen molar-refractivity contribution in [3.05, 3.63) is 46.9 Å². The Morgan fingerprint density at radius 2 is 2.47 bits per heavy atom. The van der Waals surface area contributed by atoms with E-state index in [4.69, 9.17) is 0 Å². The Kier molecular flexibility index (Phi) is 3.85. The number of rotatable bonds is 4. The average molecular weight is 206 g/mol. The van der Waals surface area contributed by atoms with Gasteiger partial charge in [0.2, 0.25) is 0 Å². The van der Waals surface area contributed by atoms with Crippen LogP contribution >= 0.6 is 0 Å². The van der Waals surface area contributed by atoms with Gasteiger partial charge >= 0.3 is 0 Å². The van der Waals surface area contributed by atoms with Gasteiger partial charge in [-0.15, -0.1) is 6.58 Å². The van der Waals surface area contributed by atoms with E-state index in [1.54, 1.807) is 6.08 Å². The van der Waals surface area contributed by atoms with Crippen molar-refractivity contribution in [3.8, 4) is 0 Å². The van der Waals surface area contributed by atoms with Crippen LogP contribution in [0.5, 0.6) is 0 Å². The average Bonchev–Trinajstić information content (AvgIpc) is 2.18. The Labute approximate surface area is 88.0 Å². The van der Waals surface area contributed by atoms with E-state index in [-0.39, 0.29) is 22.9 Å². The van der Waals surface area contributed by atoms with Gasteiger partial charge < -0.3 is 10.3 Å². The van der Waals surface area contributed by atoms with Gasteiger partial charge in [-0.3, -0.25) is 9.59 Å². The van der Waals surface area contributed by atoms with Crippen molar-refractivity contribution in [2.24, 2.45) is 0 Å². The molecule has 0 saturated carbocycles. The number of H-pyrrole nitrogens is 1. The van der Waals surface area contributed by atoms with Crippen LogP contribution in [0, 0.1) is 0 Å². The third-order valence-corrected chi connectivity index (χ3v) is 1.97. The highest BCUT2D eigenvalue weighted by molar-refractivity contribution is 5.93. The number of nitrogens with one attached hydrogen (secondary N) is 2. The fraction of sp³-hybridized carbons (Fsp3) is 0.273. The maximum Gasteiger partial charge on any atom is 0.256 e. The number of carbonyl (C=O) groups is 1. The van der Waals surface area contributed by atoms with Crippen LogP contribution in [-0.2, 0) is 0 Å². The van der Waals surface area contributed by atoms with E-state index in [1.165, 1.54) is 18.5 Å². The predicted molar refractivity (Wildman–Crippen MR) is 58.8 cm³/mol. The van der Waals surface area contributed by atoms with Crippen molar-refractivity contribution >= 4 is 5.91 Å². The van der Waals surface area contributed by atoms with Crippen molar-refractivity contribution in [2.75, 3.05) is 0 Å². The van der Waals surface area contributed by atoms with E-state index >= 15 is 0 Å². The molecule has 1 rings (SSSR count). The first-order valence-electron chi connectivity index (χ1n) is 4.74. The number of amides is 1. The summed E-state index contributed by atoms with van der Waals surface area (Å²) in [6.07, 6.45) is 5.29. The Bertz CT molecular complexity index is 409. The minimum atomic E-state index is -0.355. The first-order valence-corrected chi connectivity index (χ1v) is 4.74. The SMILES string of the molecule is C=CCC(C)NC(=O)c1c[nH]ccc1=O. The molecule has 4 heteroatoms. The number of aromatic nitrogens is 1. The molecule has 1 atom stereocenters. The normalized spacial score (nSPS) is 11.8. The maximum absolute atomic E-state index is 11.6. The summed E-state index contributed by atoms with van der Waals surface area (Å²) in [7, 11) is 0. The van der Waals surface area contributed by atoms with Crippen LogP contribution in [0.1, 0.15) is 23.7 Å². The summed E-state index contributed by atoms with van der Waals surface area (Å²) < 4.78 is 0. The molecule has 4 nitrogen and oxygen atoms in total. The van der Waals surface area contributed by atoms with Crippen LogP contribution in [0.3, 0.4) is 0 Å². The molecule has 0 bridgehead atoms. The lowest BCUT2D eigenvalue weighted by Gasteiger charge is -2.10. The van der Waals surface area contributed by atoms with Crippen LogP contribution < -0.4 is 10.7 Å². The Morgan fingerprint density at radius 3 is 3.07 bits per heavy atom. The molecule has 0 aliphatic rings. The van der Waals surface area contributed by atoms with Crippen molar-refractivity contribution < 1.29 is 4.79 Å². The van der Waals surface area contributed by atoms with Gasteiger partial charge in [-0.2, -0.15) is 0 Å². The van der Waals surface area contributed by atoms with Gasteiger partial charge in [-0.1, -0.05) is 6.08 Å². The van der Waals surface area contributed by atoms with E-state index in [2.05, 4.69) is 16.9 Å². The molecule has 1 aromatic rings. The largest absolute Gasteiger partial charge is 0.367 e. The van der Waals surface area contributed by atoms with Crippen LogP contribution in [0.4, 0.5) is 0 Å². The molecule has 1 unspecified atom stereocenters. The Morgan fingerprint density at radius 1 is 1.73 bits per heavy atom. The number of hydrogen-bond donors (Lipinski definition) is 2. The second-order valence-electron chi connectivity index (χ2n) is 3.32. The van der Waals surface area contributed by atoms with Crippen LogP contribution in [0.25, 0.3) is 0 Å². The summed E-state index contributed by atoms with van der Waals surface area (Å²) in [5.74, 6) is -0.355. The molecule has 1 heterocycles. The van der Waals surface area contributed by atoms with Crippen molar-refractivity contribution in [3.63, 3.8) is 0 Å². The minimum absolute atomic E-state index is 0.0189. The van der Waals surface area contributed by atoms with E-state index in [9.17, 15) is 9.59 Å². The van der Waals surface area contributed by atoms with Crippen LogP contribution in [0.15, 0.2) is 35.9 Å². The van der Waals surface area contributed by atoms with Gasteiger partial charge in [0.1, 0.15) is 5.56 Å². The van der Waals surface area contributed by atoms with Gasteiger partial charge in [-0.05, 0) is 13.3 Å². The molecule has 0 fully saturated rings. The number of aromatic amines is 1. The van der Waals surface area contributed by atoms with Gasteiger partial charge in [0.25, 0.3) is 5.91 Å². The molecule has 80 valence electrons. The standard InChI is InChI=1S/C11H14N2O2/c1-3-4-8(2)13-11(15)9-7-12-6-5-10(9)14/h3,5-8H,1,4H2,2H3,(H,12,14)(H,13,15). The first kappa shape index (κ1) is 11.2. The topological polar surface area (TPSA) is 62.0 Å². The number of pyridine rings is 1. The smallest absolute Gasteiger partial charge is 0.256 e. The highest BCUT2D eigenvalue weighted by atomic mass is 16.2. The highest BCUT2D eigenvalue weighted by Gasteiger charge is 2.11. The van der Waals surface area contributed by atoms with Gasteiger partial charge in [-0.25, -0.2) is 0 Å². The molecule has 2 N–H and O–H groups in total. The minimum Gasteiger partial charge on any atom is -0.367 e. The molecule has 0 spiro atoms. The lowest BCUT2D eigenvalue weighted by Crippen LogP contribution is -2.34. The number of carbonyl (C=O) groups excluding carboxylic acids is 1.